The number of fused-ring (bicyclic) bond motifs is 1. The van der Waals surface area contributed by atoms with E-state index < -0.39 is 0 Å². The van der Waals surface area contributed by atoms with Crippen LogP contribution in [0, 0.1) is 0 Å². The average Bonchev–Trinajstić information content (AvgIpc) is 2.89. The number of carbonyl (C=O) groups excluding carboxylic acids is 1. The average molecular weight is 454 g/mol. The van der Waals surface area contributed by atoms with Crippen molar-refractivity contribution in [3.63, 3.8) is 0 Å². The van der Waals surface area contributed by atoms with E-state index in [1.807, 2.05) is 54.6 Å². The van der Waals surface area contributed by atoms with Gasteiger partial charge >= 0.3 is 0 Å². The van der Waals surface area contributed by atoms with Crippen molar-refractivity contribution in [1.82, 2.24) is 14.9 Å². The van der Waals surface area contributed by atoms with E-state index in [1.54, 1.807) is 0 Å². The highest BCUT2D eigenvalue weighted by atomic mass is 16.5. The van der Waals surface area contributed by atoms with Crippen molar-refractivity contribution >= 4 is 28.3 Å². The highest BCUT2D eigenvalue weighted by molar-refractivity contribution is 5.92. The Bertz CT molecular complexity index is 1250. The minimum Gasteiger partial charge on any atom is -0.483 e. The number of anilines is 2. The van der Waals surface area contributed by atoms with Crippen LogP contribution in [0.1, 0.15) is 5.56 Å². The SMILES string of the molecule is O=C(COc1cccc2ccccc12)Nc1cc(N2CCN(Cc3ccccc3)CC2)ncn1. The molecule has 0 saturated carbocycles. The van der Waals surface area contributed by atoms with Crippen molar-refractivity contribution in [2.45, 2.75) is 6.54 Å². The van der Waals surface area contributed by atoms with E-state index in [1.165, 1.54) is 11.9 Å². The van der Waals surface area contributed by atoms with Gasteiger partial charge in [0.2, 0.25) is 0 Å². The summed E-state index contributed by atoms with van der Waals surface area (Å²) in [4.78, 5) is 25.8. The number of aromatic nitrogens is 2. The molecule has 0 aliphatic carbocycles. The molecule has 0 atom stereocenters. The summed E-state index contributed by atoms with van der Waals surface area (Å²) < 4.78 is 5.79. The van der Waals surface area contributed by atoms with Crippen molar-refractivity contribution in [2.75, 3.05) is 43.0 Å². The molecule has 1 aliphatic rings. The number of nitrogens with one attached hydrogen (secondary N) is 1. The lowest BCUT2D eigenvalue weighted by Crippen LogP contribution is -2.46. The molecule has 0 bridgehead atoms. The van der Waals surface area contributed by atoms with E-state index in [2.05, 4.69) is 49.4 Å². The van der Waals surface area contributed by atoms with Gasteiger partial charge in [0.05, 0.1) is 0 Å². The summed E-state index contributed by atoms with van der Waals surface area (Å²) >= 11 is 0. The summed E-state index contributed by atoms with van der Waals surface area (Å²) in [6.45, 7) is 4.53. The molecule has 5 rings (SSSR count). The smallest absolute Gasteiger partial charge is 0.263 e. The maximum absolute atomic E-state index is 12.5. The Kier molecular flexibility index (Phi) is 6.63. The molecule has 1 aromatic heterocycles. The lowest BCUT2D eigenvalue weighted by molar-refractivity contribution is -0.118. The Balaban J connectivity index is 1.15. The maximum Gasteiger partial charge on any atom is 0.263 e. The Hall–Kier alpha value is -3.97. The molecule has 0 unspecified atom stereocenters. The van der Waals surface area contributed by atoms with E-state index in [0.717, 1.165) is 49.3 Å². The number of piperazine rings is 1. The monoisotopic (exact) mass is 453 g/mol. The fourth-order valence-corrected chi connectivity index (χ4v) is 4.21. The van der Waals surface area contributed by atoms with E-state index in [4.69, 9.17) is 4.74 Å². The first-order chi connectivity index (χ1) is 16.7. The molecule has 34 heavy (non-hydrogen) atoms. The number of hydrogen-bond acceptors (Lipinski definition) is 6. The molecule has 7 heteroatoms. The zero-order valence-corrected chi connectivity index (χ0v) is 18.9. The number of carbonyl (C=O) groups is 1. The third-order valence-corrected chi connectivity index (χ3v) is 5.97. The third kappa shape index (κ3) is 5.32. The number of benzene rings is 3. The number of ether oxygens (including phenoxy) is 1. The van der Waals surface area contributed by atoms with Crippen molar-refractivity contribution in [1.29, 1.82) is 0 Å². The summed E-state index contributed by atoms with van der Waals surface area (Å²) in [7, 11) is 0. The van der Waals surface area contributed by atoms with Gasteiger partial charge in [-0.3, -0.25) is 9.69 Å². The van der Waals surface area contributed by atoms with Crippen LogP contribution in [0.2, 0.25) is 0 Å². The van der Waals surface area contributed by atoms with Gasteiger partial charge in [-0.05, 0) is 17.0 Å². The third-order valence-electron chi connectivity index (χ3n) is 5.97. The lowest BCUT2D eigenvalue weighted by Gasteiger charge is -2.35. The number of rotatable bonds is 7. The van der Waals surface area contributed by atoms with Gasteiger partial charge in [0.25, 0.3) is 5.91 Å². The van der Waals surface area contributed by atoms with Crippen LogP contribution in [0.4, 0.5) is 11.6 Å². The summed E-state index contributed by atoms with van der Waals surface area (Å²) in [6, 6.07) is 26.1. The standard InChI is InChI=1S/C27H27N5O2/c33-27(19-34-24-12-6-10-22-9-4-5-11-23(22)24)30-25-17-26(29-20-28-25)32-15-13-31(14-16-32)18-21-7-2-1-3-8-21/h1-12,17,20H,13-16,18-19H2,(H,28,29,30,33). The summed E-state index contributed by atoms with van der Waals surface area (Å²) in [5.74, 6) is 1.72. The van der Waals surface area contributed by atoms with Gasteiger partial charge < -0.3 is 15.0 Å². The van der Waals surface area contributed by atoms with Gasteiger partial charge in [-0.15, -0.1) is 0 Å². The maximum atomic E-state index is 12.5. The van der Waals surface area contributed by atoms with Crippen LogP contribution in [-0.2, 0) is 11.3 Å². The molecular weight excluding hydrogens is 426 g/mol. The minimum atomic E-state index is -0.259. The molecule has 1 saturated heterocycles. The summed E-state index contributed by atoms with van der Waals surface area (Å²) in [5.41, 5.74) is 1.33. The van der Waals surface area contributed by atoms with E-state index in [-0.39, 0.29) is 12.5 Å². The van der Waals surface area contributed by atoms with Crippen LogP contribution in [0.5, 0.6) is 5.75 Å². The van der Waals surface area contributed by atoms with Crippen molar-refractivity contribution in [2.24, 2.45) is 0 Å². The van der Waals surface area contributed by atoms with Crippen LogP contribution < -0.4 is 15.0 Å². The Morgan fingerprint density at radius 1 is 0.882 bits per heavy atom. The van der Waals surface area contributed by atoms with Crippen LogP contribution in [0.25, 0.3) is 10.8 Å². The second-order valence-corrected chi connectivity index (χ2v) is 8.32. The Morgan fingerprint density at radius 3 is 2.50 bits per heavy atom. The number of nitrogens with zero attached hydrogens (tertiary/aromatic N) is 4. The fraction of sp³-hybridized carbons (Fsp3) is 0.222. The zero-order valence-electron chi connectivity index (χ0n) is 18.9. The molecule has 1 amide bonds. The van der Waals surface area contributed by atoms with E-state index in [0.29, 0.717) is 11.6 Å². The van der Waals surface area contributed by atoms with Gasteiger partial charge in [-0.1, -0.05) is 66.7 Å². The highest BCUT2D eigenvalue weighted by Gasteiger charge is 2.19. The molecule has 1 N–H and O–H groups in total. The first kappa shape index (κ1) is 21.9. The van der Waals surface area contributed by atoms with Gasteiger partial charge in [0.1, 0.15) is 23.7 Å². The summed E-state index contributed by atoms with van der Waals surface area (Å²) in [6.07, 6.45) is 1.49. The topological polar surface area (TPSA) is 70.6 Å². The van der Waals surface area contributed by atoms with Crippen molar-refractivity contribution in [3.05, 3.63) is 90.8 Å². The number of hydrogen-bond donors (Lipinski definition) is 1. The Morgan fingerprint density at radius 2 is 1.65 bits per heavy atom. The molecule has 0 radical (unpaired) electrons. The normalized spacial score (nSPS) is 14.2. The fourth-order valence-electron chi connectivity index (χ4n) is 4.21. The van der Waals surface area contributed by atoms with Crippen LogP contribution in [-0.4, -0.2) is 53.6 Å². The van der Waals surface area contributed by atoms with E-state index >= 15 is 0 Å². The molecule has 3 aromatic carbocycles. The quantitative estimate of drug-likeness (QED) is 0.457. The van der Waals surface area contributed by atoms with Gasteiger partial charge in [-0.25, -0.2) is 9.97 Å². The number of amides is 1. The zero-order chi connectivity index (χ0) is 23.2. The van der Waals surface area contributed by atoms with Crippen molar-refractivity contribution < 1.29 is 9.53 Å². The Labute approximate surface area is 199 Å². The molecule has 0 spiro atoms. The van der Waals surface area contributed by atoms with Gasteiger partial charge in [0.15, 0.2) is 6.61 Å². The van der Waals surface area contributed by atoms with E-state index in [9.17, 15) is 4.79 Å². The molecule has 172 valence electrons. The molecule has 1 fully saturated rings. The largest absolute Gasteiger partial charge is 0.483 e. The second-order valence-electron chi connectivity index (χ2n) is 8.32. The van der Waals surface area contributed by atoms with Gasteiger partial charge in [0, 0.05) is 44.2 Å². The first-order valence-electron chi connectivity index (χ1n) is 11.5. The minimum absolute atomic E-state index is 0.0918. The van der Waals surface area contributed by atoms with Crippen LogP contribution >= 0.6 is 0 Å². The first-order valence-corrected chi connectivity index (χ1v) is 11.5. The molecule has 4 aromatic rings. The van der Waals surface area contributed by atoms with Gasteiger partial charge in [-0.2, -0.15) is 0 Å². The van der Waals surface area contributed by atoms with Crippen molar-refractivity contribution in [3.8, 4) is 5.75 Å². The molecule has 7 nitrogen and oxygen atoms in total. The predicted octanol–water partition coefficient (Wildman–Crippen LogP) is 3.97. The molecule has 2 heterocycles. The van der Waals surface area contributed by atoms with Crippen LogP contribution in [0.15, 0.2) is 85.2 Å². The second kappa shape index (κ2) is 10.3. The lowest BCUT2D eigenvalue weighted by atomic mass is 10.1. The summed E-state index contributed by atoms with van der Waals surface area (Å²) in [5, 5.41) is 4.88. The van der Waals surface area contributed by atoms with Crippen LogP contribution in [0.3, 0.4) is 0 Å². The molecular formula is C27H27N5O2. The predicted molar refractivity (Wildman–Crippen MR) is 134 cm³/mol. The molecule has 1 aliphatic heterocycles. The highest BCUT2D eigenvalue weighted by Crippen LogP contribution is 2.25.